The van der Waals surface area contributed by atoms with Crippen molar-refractivity contribution in [3.05, 3.63) is 58.0 Å². The van der Waals surface area contributed by atoms with Gasteiger partial charge in [-0.25, -0.2) is 4.98 Å². The number of aromatic nitrogens is 5. The van der Waals surface area contributed by atoms with Gasteiger partial charge in [0.2, 0.25) is 0 Å². The Hall–Kier alpha value is -4.41. The van der Waals surface area contributed by atoms with E-state index in [-0.39, 0.29) is 18.6 Å². The highest BCUT2D eigenvalue weighted by Gasteiger charge is 2.27. The molecule has 0 saturated carbocycles. The summed E-state index contributed by atoms with van der Waals surface area (Å²) in [5.41, 5.74) is 2.10. The molecule has 2 N–H and O–H groups in total. The Morgan fingerprint density at radius 2 is 2.08 bits per heavy atom. The first-order valence-corrected chi connectivity index (χ1v) is 11.9. The van der Waals surface area contributed by atoms with E-state index in [4.69, 9.17) is 0 Å². The van der Waals surface area contributed by atoms with Gasteiger partial charge in [0.05, 0.1) is 18.3 Å². The fourth-order valence-corrected chi connectivity index (χ4v) is 4.79. The van der Waals surface area contributed by atoms with Gasteiger partial charge >= 0.3 is 5.82 Å². The number of para-hydroxylation sites is 1. The van der Waals surface area contributed by atoms with Crippen LogP contribution in [0, 0.1) is 30.1 Å². The molecular formula is C26H27N8O2+. The number of nitrogens with one attached hydrogen (secondary N) is 1. The number of benzene rings is 1. The summed E-state index contributed by atoms with van der Waals surface area (Å²) in [7, 11) is 0. The smallest absolute Gasteiger partial charge is 0.355 e. The summed E-state index contributed by atoms with van der Waals surface area (Å²) in [6.45, 7) is 6.98. The van der Waals surface area contributed by atoms with Crippen LogP contribution >= 0.6 is 0 Å². The normalized spacial score (nSPS) is 13.9. The Bertz CT molecular complexity index is 1630. The molecular weight excluding hydrogens is 456 g/mol. The van der Waals surface area contributed by atoms with Crippen molar-refractivity contribution >= 4 is 27.8 Å². The van der Waals surface area contributed by atoms with Crippen molar-refractivity contribution < 1.29 is 9.94 Å². The van der Waals surface area contributed by atoms with E-state index < -0.39 is 0 Å². The zero-order chi connectivity index (χ0) is 25.2. The van der Waals surface area contributed by atoms with E-state index in [1.807, 2.05) is 28.8 Å². The molecule has 1 saturated heterocycles. The standard InChI is InChI=1S/C26H27N8O2/c1-3-4-13-33-24-23(20(15-27)25(33)31-12-7-10-28-11-14-31)29-17-32(26(24)35)16-22-30-21-9-6-5-8-19(21)18(2)34(22)36/h5-6,8-9,17,28,36H,7,10-14,16H2,1-2H3/q+1. The van der Waals surface area contributed by atoms with Crippen LogP contribution in [0.2, 0.25) is 0 Å². The van der Waals surface area contributed by atoms with Crippen molar-refractivity contribution in [3.8, 4) is 17.9 Å². The second-order valence-electron chi connectivity index (χ2n) is 8.73. The minimum atomic E-state index is -0.318. The highest BCUT2D eigenvalue weighted by molar-refractivity contribution is 5.89. The first kappa shape index (κ1) is 23.3. The number of aryl methyl sites for hydroxylation is 1. The third-order valence-corrected chi connectivity index (χ3v) is 6.58. The molecule has 1 aromatic carbocycles. The van der Waals surface area contributed by atoms with Crippen LogP contribution in [0.1, 0.15) is 30.4 Å². The van der Waals surface area contributed by atoms with Gasteiger partial charge in [-0.05, 0) is 41.7 Å². The predicted molar refractivity (Wildman–Crippen MR) is 135 cm³/mol. The molecule has 0 unspecified atom stereocenters. The summed E-state index contributed by atoms with van der Waals surface area (Å²) < 4.78 is 4.24. The van der Waals surface area contributed by atoms with Crippen LogP contribution in [0.25, 0.3) is 21.9 Å². The fourth-order valence-electron chi connectivity index (χ4n) is 4.79. The van der Waals surface area contributed by atoms with Crippen LogP contribution in [-0.2, 0) is 13.1 Å². The van der Waals surface area contributed by atoms with E-state index in [0.717, 1.165) is 41.7 Å². The molecule has 1 fully saturated rings. The number of fused-ring (bicyclic) bond motifs is 2. The maximum absolute atomic E-state index is 13.8. The lowest BCUT2D eigenvalue weighted by Crippen LogP contribution is -2.42. The molecule has 0 amide bonds. The lowest BCUT2D eigenvalue weighted by atomic mass is 10.2. The number of hydrogen-bond acceptors (Lipinski definition) is 7. The van der Waals surface area contributed by atoms with Crippen molar-refractivity contribution in [1.82, 2.24) is 24.4 Å². The lowest BCUT2D eigenvalue weighted by Gasteiger charge is -2.24. The molecule has 36 heavy (non-hydrogen) atoms. The van der Waals surface area contributed by atoms with Gasteiger partial charge in [-0.1, -0.05) is 18.1 Å². The number of hydrogen-bond donors (Lipinski definition) is 2. The summed E-state index contributed by atoms with van der Waals surface area (Å²) in [5.74, 6) is 6.93. The fraction of sp³-hybridized carbons (Fsp3) is 0.346. The SMILES string of the molecule is CC#CCn1c(N2CCCNCC2)c(C#N)c2ncn(Cc3nc4ccccc4c(C)[n+]3O)c(=O)c21. The molecule has 5 rings (SSSR count). The average Bonchev–Trinajstić information content (AvgIpc) is 3.01. The van der Waals surface area contributed by atoms with Crippen molar-refractivity contribution in [2.75, 3.05) is 31.1 Å². The molecule has 182 valence electrons. The molecule has 10 nitrogen and oxygen atoms in total. The lowest BCUT2D eigenvalue weighted by molar-refractivity contribution is -0.914. The number of nitrogens with zero attached hydrogens (tertiary/aromatic N) is 7. The molecule has 0 atom stereocenters. The van der Waals surface area contributed by atoms with Crippen LogP contribution in [0.15, 0.2) is 35.4 Å². The van der Waals surface area contributed by atoms with E-state index in [1.54, 1.807) is 13.8 Å². The summed E-state index contributed by atoms with van der Waals surface area (Å²) in [6, 6.07) is 9.81. The van der Waals surface area contributed by atoms with Gasteiger partial charge in [0.1, 0.15) is 35.0 Å². The second-order valence-corrected chi connectivity index (χ2v) is 8.73. The number of rotatable bonds is 4. The van der Waals surface area contributed by atoms with Crippen LogP contribution < -0.4 is 20.5 Å². The van der Waals surface area contributed by atoms with Crippen LogP contribution in [0.3, 0.4) is 0 Å². The molecule has 0 radical (unpaired) electrons. The number of anilines is 1. The van der Waals surface area contributed by atoms with E-state index >= 15 is 0 Å². The van der Waals surface area contributed by atoms with Gasteiger partial charge in [0.15, 0.2) is 11.2 Å². The van der Waals surface area contributed by atoms with Crippen LogP contribution in [0.4, 0.5) is 5.82 Å². The molecule has 0 aliphatic carbocycles. The third-order valence-electron chi connectivity index (χ3n) is 6.58. The molecule has 10 heteroatoms. The van der Waals surface area contributed by atoms with Gasteiger partial charge < -0.3 is 20.0 Å². The molecule has 4 heterocycles. The van der Waals surface area contributed by atoms with Crippen LogP contribution in [0.5, 0.6) is 0 Å². The average molecular weight is 484 g/mol. The van der Waals surface area contributed by atoms with Crippen LogP contribution in [-0.4, -0.2) is 50.5 Å². The maximum atomic E-state index is 13.8. The van der Waals surface area contributed by atoms with Crippen molar-refractivity contribution in [2.24, 2.45) is 0 Å². The molecule has 0 spiro atoms. The minimum Gasteiger partial charge on any atom is -0.355 e. The van der Waals surface area contributed by atoms with E-state index in [0.29, 0.717) is 40.5 Å². The van der Waals surface area contributed by atoms with Gasteiger partial charge in [-0.15, -0.1) is 5.92 Å². The summed E-state index contributed by atoms with van der Waals surface area (Å²) in [6.07, 6.45) is 2.34. The molecule has 0 bridgehead atoms. The first-order valence-electron chi connectivity index (χ1n) is 11.9. The highest BCUT2D eigenvalue weighted by Crippen LogP contribution is 2.30. The largest absolute Gasteiger partial charge is 0.357 e. The predicted octanol–water partition coefficient (Wildman–Crippen LogP) is 1.32. The van der Waals surface area contributed by atoms with Crippen molar-refractivity contribution in [2.45, 2.75) is 33.4 Å². The molecule has 4 aromatic rings. The quantitative estimate of drug-likeness (QED) is 0.256. The monoisotopic (exact) mass is 483 g/mol. The topological polar surface area (TPSA) is 116 Å². The summed E-state index contributed by atoms with van der Waals surface area (Å²) in [4.78, 5) is 25.1. The number of nitriles is 1. The van der Waals surface area contributed by atoms with E-state index in [2.05, 4.69) is 38.1 Å². The first-order chi connectivity index (χ1) is 17.5. The van der Waals surface area contributed by atoms with E-state index in [9.17, 15) is 15.3 Å². The highest BCUT2D eigenvalue weighted by atomic mass is 16.5. The molecule has 1 aliphatic heterocycles. The maximum Gasteiger partial charge on any atom is 0.357 e. The molecule has 3 aromatic heterocycles. The van der Waals surface area contributed by atoms with Gasteiger partial charge in [-0.2, -0.15) is 5.26 Å². The third kappa shape index (κ3) is 3.92. The zero-order valence-corrected chi connectivity index (χ0v) is 20.3. The summed E-state index contributed by atoms with van der Waals surface area (Å²) in [5, 5.41) is 25.0. The van der Waals surface area contributed by atoms with Crippen molar-refractivity contribution in [3.63, 3.8) is 0 Å². The Balaban J connectivity index is 1.69. The van der Waals surface area contributed by atoms with Gasteiger partial charge in [0.25, 0.3) is 5.56 Å². The zero-order valence-electron chi connectivity index (χ0n) is 20.3. The Kier molecular flexibility index (Phi) is 6.28. The minimum absolute atomic E-state index is 0.0133. The second kappa shape index (κ2) is 9.68. The molecule has 1 aliphatic rings. The Morgan fingerprint density at radius 3 is 2.89 bits per heavy atom. The van der Waals surface area contributed by atoms with Gasteiger partial charge in [0, 0.05) is 26.6 Å². The van der Waals surface area contributed by atoms with E-state index in [1.165, 1.54) is 10.9 Å². The van der Waals surface area contributed by atoms with Gasteiger partial charge in [-0.3, -0.25) is 9.36 Å². The Labute approximate surface area is 208 Å². The van der Waals surface area contributed by atoms with Crippen molar-refractivity contribution in [1.29, 1.82) is 5.26 Å². The Morgan fingerprint density at radius 1 is 1.25 bits per heavy atom. The summed E-state index contributed by atoms with van der Waals surface area (Å²) >= 11 is 0.